The van der Waals surface area contributed by atoms with Crippen LogP contribution in [0, 0.1) is 5.92 Å². The van der Waals surface area contributed by atoms with Crippen molar-refractivity contribution in [2.24, 2.45) is 5.92 Å². The van der Waals surface area contributed by atoms with Crippen LogP contribution in [0.5, 0.6) is 0 Å². The van der Waals surface area contributed by atoms with Gasteiger partial charge in [0.05, 0.1) is 12.2 Å². The molecule has 0 unspecified atom stereocenters. The summed E-state index contributed by atoms with van der Waals surface area (Å²) in [5.74, 6) is 0.0610. The molecule has 1 saturated heterocycles. The number of amides is 2. The zero-order chi connectivity index (χ0) is 18.4. The molecule has 0 atom stereocenters. The fourth-order valence-electron chi connectivity index (χ4n) is 3.48. The minimum Gasteiger partial charge on any atom is -0.383 e. The predicted octanol–water partition coefficient (Wildman–Crippen LogP) is 2.79. The number of rotatable bonds is 7. The van der Waals surface area contributed by atoms with Gasteiger partial charge in [-0.25, -0.2) is 0 Å². The summed E-state index contributed by atoms with van der Waals surface area (Å²) < 4.78 is 5.01. The van der Waals surface area contributed by atoms with E-state index >= 15 is 0 Å². The Morgan fingerprint density at radius 3 is 2.58 bits per heavy atom. The Labute approximate surface area is 155 Å². The van der Waals surface area contributed by atoms with Gasteiger partial charge in [0.15, 0.2) is 0 Å². The second-order valence-electron chi connectivity index (χ2n) is 7.15. The van der Waals surface area contributed by atoms with Gasteiger partial charge in [0.1, 0.15) is 0 Å². The van der Waals surface area contributed by atoms with Crippen molar-refractivity contribution in [2.45, 2.75) is 38.5 Å². The highest BCUT2D eigenvalue weighted by atomic mass is 16.5. The van der Waals surface area contributed by atoms with E-state index in [2.05, 4.69) is 15.5 Å². The number of ether oxygens (including phenoxy) is 1. The Morgan fingerprint density at radius 2 is 1.92 bits per heavy atom. The van der Waals surface area contributed by atoms with Gasteiger partial charge in [-0.05, 0) is 50.3 Å². The lowest BCUT2D eigenvalue weighted by atomic mass is 9.85. The van der Waals surface area contributed by atoms with Crippen LogP contribution in [0.1, 0.15) is 48.9 Å². The fourth-order valence-corrected chi connectivity index (χ4v) is 3.48. The molecule has 6 heteroatoms. The Kier molecular flexibility index (Phi) is 6.50. The van der Waals surface area contributed by atoms with E-state index in [1.165, 1.54) is 6.42 Å². The number of methoxy groups -OCH3 is 1. The summed E-state index contributed by atoms with van der Waals surface area (Å²) >= 11 is 0. The number of piperidine rings is 1. The second-order valence-corrected chi connectivity index (χ2v) is 7.15. The zero-order valence-electron chi connectivity index (χ0n) is 15.6. The first-order chi connectivity index (χ1) is 12.7. The van der Waals surface area contributed by atoms with Crippen molar-refractivity contribution in [3.05, 3.63) is 23.8 Å². The molecule has 2 aliphatic rings. The van der Waals surface area contributed by atoms with Crippen LogP contribution in [0.25, 0.3) is 0 Å². The molecule has 1 aromatic carbocycles. The number of carbonyl (C=O) groups excluding carboxylic acids is 2. The molecule has 1 saturated carbocycles. The Hall–Kier alpha value is -2.08. The van der Waals surface area contributed by atoms with Crippen molar-refractivity contribution in [2.75, 3.05) is 43.6 Å². The maximum absolute atomic E-state index is 12.7. The van der Waals surface area contributed by atoms with Crippen LogP contribution in [0.4, 0.5) is 11.4 Å². The van der Waals surface area contributed by atoms with E-state index in [1.807, 2.05) is 18.2 Å². The molecule has 6 nitrogen and oxygen atoms in total. The molecule has 2 amide bonds. The third-order valence-electron chi connectivity index (χ3n) is 5.27. The summed E-state index contributed by atoms with van der Waals surface area (Å²) in [5.41, 5.74) is 2.26. The number of nitrogens with one attached hydrogen (secondary N) is 2. The molecule has 1 aliphatic heterocycles. The van der Waals surface area contributed by atoms with E-state index in [4.69, 9.17) is 4.74 Å². The quantitative estimate of drug-likeness (QED) is 0.735. The van der Waals surface area contributed by atoms with E-state index in [0.29, 0.717) is 24.4 Å². The zero-order valence-corrected chi connectivity index (χ0v) is 15.6. The fraction of sp³-hybridized carbons (Fsp3) is 0.600. The molecular formula is C20H29N3O3. The summed E-state index contributed by atoms with van der Waals surface area (Å²) in [6.45, 7) is 2.87. The van der Waals surface area contributed by atoms with Crippen LogP contribution in [-0.4, -0.2) is 45.2 Å². The SMILES string of the molecule is COCCNC(=O)c1cc(NC(=O)C2CCC2)ccc1N1CCCCC1. The molecule has 0 bridgehead atoms. The van der Waals surface area contributed by atoms with Crippen molar-refractivity contribution in [1.29, 1.82) is 0 Å². The molecule has 1 heterocycles. The second kappa shape index (κ2) is 9.03. The summed E-state index contributed by atoms with van der Waals surface area (Å²) in [6.07, 6.45) is 6.57. The Morgan fingerprint density at radius 1 is 1.15 bits per heavy atom. The van der Waals surface area contributed by atoms with Gasteiger partial charge in [-0.1, -0.05) is 6.42 Å². The molecule has 0 aromatic heterocycles. The molecule has 0 radical (unpaired) electrons. The first kappa shape index (κ1) is 18.7. The lowest BCUT2D eigenvalue weighted by Crippen LogP contribution is -2.34. The minimum atomic E-state index is -0.123. The van der Waals surface area contributed by atoms with Gasteiger partial charge in [-0.2, -0.15) is 0 Å². The molecule has 2 fully saturated rings. The van der Waals surface area contributed by atoms with Crippen molar-refractivity contribution in [3.63, 3.8) is 0 Å². The van der Waals surface area contributed by atoms with Crippen molar-refractivity contribution >= 4 is 23.2 Å². The van der Waals surface area contributed by atoms with E-state index in [9.17, 15) is 9.59 Å². The molecule has 1 aromatic rings. The average Bonchev–Trinajstić information content (AvgIpc) is 2.61. The van der Waals surface area contributed by atoms with Gasteiger partial charge in [-0.3, -0.25) is 9.59 Å². The first-order valence-electron chi connectivity index (χ1n) is 9.66. The van der Waals surface area contributed by atoms with Crippen LogP contribution in [0.2, 0.25) is 0 Å². The molecule has 142 valence electrons. The first-order valence-corrected chi connectivity index (χ1v) is 9.66. The average molecular weight is 359 g/mol. The number of hydrogen-bond donors (Lipinski definition) is 2. The summed E-state index contributed by atoms with van der Waals surface area (Å²) in [5, 5.41) is 5.88. The Bertz CT molecular complexity index is 637. The predicted molar refractivity (Wildman–Crippen MR) is 103 cm³/mol. The van der Waals surface area contributed by atoms with Gasteiger partial charge in [0, 0.05) is 44.0 Å². The lowest BCUT2D eigenvalue weighted by molar-refractivity contribution is -0.122. The smallest absolute Gasteiger partial charge is 0.253 e. The topological polar surface area (TPSA) is 70.7 Å². The molecule has 1 aliphatic carbocycles. The van der Waals surface area contributed by atoms with Crippen LogP contribution < -0.4 is 15.5 Å². The largest absolute Gasteiger partial charge is 0.383 e. The van der Waals surface area contributed by atoms with Gasteiger partial charge >= 0.3 is 0 Å². The molecule has 26 heavy (non-hydrogen) atoms. The number of anilines is 2. The molecule has 2 N–H and O–H groups in total. The molecule has 0 spiro atoms. The van der Waals surface area contributed by atoms with E-state index in [-0.39, 0.29) is 17.7 Å². The number of nitrogens with zero attached hydrogens (tertiary/aromatic N) is 1. The highest BCUT2D eigenvalue weighted by Crippen LogP contribution is 2.30. The van der Waals surface area contributed by atoms with Crippen molar-refractivity contribution in [3.8, 4) is 0 Å². The van der Waals surface area contributed by atoms with Crippen LogP contribution in [-0.2, 0) is 9.53 Å². The maximum Gasteiger partial charge on any atom is 0.253 e. The lowest BCUT2D eigenvalue weighted by Gasteiger charge is -2.31. The van der Waals surface area contributed by atoms with Crippen molar-refractivity contribution < 1.29 is 14.3 Å². The third kappa shape index (κ3) is 4.55. The Balaban J connectivity index is 1.78. The molecule has 3 rings (SSSR count). The van der Waals surface area contributed by atoms with E-state index in [0.717, 1.165) is 50.9 Å². The standard InChI is InChI=1S/C20H29N3O3/c1-26-13-10-21-20(25)17-14-16(22-19(24)15-6-5-7-15)8-9-18(17)23-11-3-2-4-12-23/h8-9,14-15H,2-7,10-13H2,1H3,(H,21,25)(H,22,24). The summed E-state index contributed by atoms with van der Waals surface area (Å²) in [6, 6.07) is 5.68. The van der Waals surface area contributed by atoms with Crippen LogP contribution in [0.15, 0.2) is 18.2 Å². The monoisotopic (exact) mass is 359 g/mol. The number of hydrogen-bond acceptors (Lipinski definition) is 4. The van der Waals surface area contributed by atoms with Gasteiger partial charge in [0.25, 0.3) is 5.91 Å². The highest BCUT2D eigenvalue weighted by molar-refractivity contribution is 6.02. The van der Waals surface area contributed by atoms with E-state index in [1.54, 1.807) is 7.11 Å². The van der Waals surface area contributed by atoms with Gasteiger partial charge in [-0.15, -0.1) is 0 Å². The number of carbonyl (C=O) groups is 2. The molecular weight excluding hydrogens is 330 g/mol. The third-order valence-corrected chi connectivity index (χ3v) is 5.27. The van der Waals surface area contributed by atoms with Crippen molar-refractivity contribution in [1.82, 2.24) is 5.32 Å². The minimum absolute atomic E-state index is 0.0627. The summed E-state index contributed by atoms with van der Waals surface area (Å²) in [7, 11) is 1.61. The van der Waals surface area contributed by atoms with Gasteiger partial charge < -0.3 is 20.3 Å². The highest BCUT2D eigenvalue weighted by Gasteiger charge is 2.26. The van der Waals surface area contributed by atoms with Crippen LogP contribution in [0.3, 0.4) is 0 Å². The van der Waals surface area contributed by atoms with Gasteiger partial charge in [0.2, 0.25) is 5.91 Å². The maximum atomic E-state index is 12.7. The van der Waals surface area contributed by atoms with E-state index < -0.39 is 0 Å². The number of benzene rings is 1. The van der Waals surface area contributed by atoms with Crippen LogP contribution >= 0.6 is 0 Å². The summed E-state index contributed by atoms with van der Waals surface area (Å²) in [4.78, 5) is 27.2. The normalized spacial score (nSPS) is 17.5.